The Balaban J connectivity index is 2.03. The number of aliphatic carboxylic acids is 1. The maximum absolute atomic E-state index is 12.7. The summed E-state index contributed by atoms with van der Waals surface area (Å²) in [6.07, 6.45) is 4.62. The molecule has 136 valence electrons. The molecule has 7 nitrogen and oxygen atoms in total. The Bertz CT molecular complexity index is 490. The Morgan fingerprint density at radius 1 is 1.17 bits per heavy atom. The number of carbonyl (C=O) groups excluding carboxylic acids is 2. The molecule has 0 bridgehead atoms. The maximum Gasteiger partial charge on any atom is 0.326 e. The van der Waals surface area contributed by atoms with E-state index in [1.807, 2.05) is 6.92 Å². The molecule has 0 saturated carbocycles. The number of carboxylic acids is 1. The lowest BCUT2D eigenvalue weighted by molar-refractivity contribution is -0.148. The highest BCUT2D eigenvalue weighted by molar-refractivity contribution is 5.94. The fourth-order valence-corrected chi connectivity index (χ4v) is 3.68. The highest BCUT2D eigenvalue weighted by atomic mass is 16.4. The first-order chi connectivity index (χ1) is 11.4. The highest BCUT2D eigenvalue weighted by Crippen LogP contribution is 2.30. The van der Waals surface area contributed by atoms with Crippen LogP contribution in [0.3, 0.4) is 0 Å². The zero-order valence-corrected chi connectivity index (χ0v) is 14.7. The van der Waals surface area contributed by atoms with Crippen molar-refractivity contribution >= 4 is 17.8 Å². The van der Waals surface area contributed by atoms with Crippen LogP contribution in [0.15, 0.2) is 0 Å². The molecule has 0 radical (unpaired) electrons. The van der Waals surface area contributed by atoms with Crippen molar-refractivity contribution in [2.24, 2.45) is 0 Å². The van der Waals surface area contributed by atoms with E-state index >= 15 is 0 Å². The molecule has 2 unspecified atom stereocenters. The Labute approximate surface area is 143 Å². The summed E-state index contributed by atoms with van der Waals surface area (Å²) in [6.45, 7) is 6.40. The SMILES string of the molecule is CCCC(NC(=O)C1(C)CCCN1C(=O)CN1CCCC1)C(=O)O. The van der Waals surface area contributed by atoms with Crippen LogP contribution in [-0.2, 0) is 14.4 Å². The number of rotatable bonds is 7. The molecule has 2 saturated heterocycles. The summed E-state index contributed by atoms with van der Waals surface area (Å²) < 4.78 is 0. The molecule has 2 N–H and O–H groups in total. The molecule has 24 heavy (non-hydrogen) atoms. The van der Waals surface area contributed by atoms with E-state index in [0.717, 1.165) is 32.4 Å². The molecule has 2 heterocycles. The van der Waals surface area contributed by atoms with E-state index in [2.05, 4.69) is 10.2 Å². The minimum absolute atomic E-state index is 0.0329. The molecule has 0 aromatic carbocycles. The molecule has 2 fully saturated rings. The minimum atomic E-state index is -1.03. The van der Waals surface area contributed by atoms with Gasteiger partial charge in [-0.25, -0.2) is 4.79 Å². The van der Waals surface area contributed by atoms with E-state index in [0.29, 0.717) is 32.4 Å². The number of hydrogen-bond acceptors (Lipinski definition) is 4. The fourth-order valence-electron chi connectivity index (χ4n) is 3.68. The molecule has 2 aliphatic rings. The molecule has 0 aromatic heterocycles. The van der Waals surface area contributed by atoms with Gasteiger partial charge in [0.1, 0.15) is 11.6 Å². The van der Waals surface area contributed by atoms with Crippen LogP contribution in [0.4, 0.5) is 0 Å². The minimum Gasteiger partial charge on any atom is -0.480 e. The summed E-state index contributed by atoms with van der Waals surface area (Å²) >= 11 is 0. The van der Waals surface area contributed by atoms with Crippen LogP contribution in [0.25, 0.3) is 0 Å². The van der Waals surface area contributed by atoms with Crippen molar-refractivity contribution < 1.29 is 19.5 Å². The number of hydrogen-bond donors (Lipinski definition) is 2. The van der Waals surface area contributed by atoms with E-state index in [4.69, 9.17) is 0 Å². The Hall–Kier alpha value is -1.63. The fraction of sp³-hybridized carbons (Fsp3) is 0.824. The summed E-state index contributed by atoms with van der Waals surface area (Å²) in [7, 11) is 0. The smallest absolute Gasteiger partial charge is 0.326 e. The number of carboxylic acid groups (broad SMARTS) is 1. The molecule has 0 aromatic rings. The lowest BCUT2D eigenvalue weighted by atomic mass is 9.96. The van der Waals surface area contributed by atoms with Crippen molar-refractivity contribution in [3.63, 3.8) is 0 Å². The molecule has 2 atom stereocenters. The largest absolute Gasteiger partial charge is 0.480 e. The zero-order valence-electron chi connectivity index (χ0n) is 14.7. The lowest BCUT2D eigenvalue weighted by Gasteiger charge is -2.35. The van der Waals surface area contributed by atoms with Gasteiger partial charge in [-0.15, -0.1) is 0 Å². The molecule has 7 heteroatoms. The van der Waals surface area contributed by atoms with Gasteiger partial charge in [-0.1, -0.05) is 13.3 Å². The van der Waals surface area contributed by atoms with Crippen molar-refractivity contribution in [2.45, 2.75) is 64.0 Å². The quantitative estimate of drug-likeness (QED) is 0.717. The first-order valence-corrected chi connectivity index (χ1v) is 8.95. The zero-order chi connectivity index (χ0) is 17.7. The normalized spacial score (nSPS) is 25.7. The second-order valence-electron chi connectivity index (χ2n) is 7.06. The maximum atomic E-state index is 12.7. The standard InChI is InChI=1S/C17H29N3O4/c1-3-7-13(15(22)23)18-16(24)17(2)8-6-11-20(17)14(21)12-19-9-4-5-10-19/h13H,3-12H2,1-2H3,(H,18,24)(H,22,23). The summed E-state index contributed by atoms with van der Waals surface area (Å²) in [6, 6.07) is -0.893. The van der Waals surface area contributed by atoms with Crippen molar-refractivity contribution in [3.05, 3.63) is 0 Å². The van der Waals surface area contributed by atoms with Crippen molar-refractivity contribution in [1.82, 2.24) is 15.1 Å². The van der Waals surface area contributed by atoms with Crippen LogP contribution in [-0.4, -0.2) is 70.4 Å². The van der Waals surface area contributed by atoms with E-state index in [9.17, 15) is 19.5 Å². The van der Waals surface area contributed by atoms with Gasteiger partial charge in [0, 0.05) is 6.54 Å². The van der Waals surface area contributed by atoms with Gasteiger partial charge in [-0.05, 0) is 52.1 Å². The third kappa shape index (κ3) is 4.06. The number of amides is 2. The Kier molecular flexibility index (Phi) is 6.21. The Morgan fingerprint density at radius 2 is 1.83 bits per heavy atom. The lowest BCUT2D eigenvalue weighted by Crippen LogP contribution is -2.59. The summed E-state index contributed by atoms with van der Waals surface area (Å²) in [5, 5.41) is 11.9. The summed E-state index contributed by atoms with van der Waals surface area (Å²) in [5.74, 6) is -1.41. The number of carbonyl (C=O) groups is 3. The van der Waals surface area contributed by atoms with E-state index in [1.165, 1.54) is 0 Å². The first-order valence-electron chi connectivity index (χ1n) is 8.95. The van der Waals surface area contributed by atoms with Gasteiger partial charge < -0.3 is 15.3 Å². The third-order valence-electron chi connectivity index (χ3n) is 5.17. The molecule has 0 aliphatic carbocycles. The summed E-state index contributed by atoms with van der Waals surface area (Å²) in [4.78, 5) is 40.4. The predicted octanol–water partition coefficient (Wildman–Crippen LogP) is 0.833. The monoisotopic (exact) mass is 339 g/mol. The van der Waals surface area contributed by atoms with Gasteiger partial charge in [0.2, 0.25) is 11.8 Å². The number of likely N-dealkylation sites (tertiary alicyclic amines) is 2. The first kappa shape index (κ1) is 18.7. The predicted molar refractivity (Wildman–Crippen MR) is 89.5 cm³/mol. The van der Waals surface area contributed by atoms with Gasteiger partial charge in [0.05, 0.1) is 6.54 Å². The highest BCUT2D eigenvalue weighted by Gasteiger charge is 2.46. The van der Waals surface area contributed by atoms with Gasteiger partial charge in [-0.3, -0.25) is 14.5 Å². The van der Waals surface area contributed by atoms with E-state index < -0.39 is 17.6 Å². The molecular formula is C17H29N3O4. The van der Waals surface area contributed by atoms with Gasteiger partial charge in [0.25, 0.3) is 0 Å². The molecule has 0 spiro atoms. The second-order valence-corrected chi connectivity index (χ2v) is 7.06. The number of nitrogens with one attached hydrogen (secondary N) is 1. The average molecular weight is 339 g/mol. The molecule has 2 aliphatic heterocycles. The Morgan fingerprint density at radius 3 is 2.42 bits per heavy atom. The van der Waals surface area contributed by atoms with Gasteiger partial charge in [0.15, 0.2) is 0 Å². The van der Waals surface area contributed by atoms with Crippen LogP contribution >= 0.6 is 0 Å². The molecule has 2 amide bonds. The topological polar surface area (TPSA) is 90.0 Å². The molecular weight excluding hydrogens is 310 g/mol. The van der Waals surface area contributed by atoms with Crippen LogP contribution in [0, 0.1) is 0 Å². The van der Waals surface area contributed by atoms with Crippen molar-refractivity contribution in [3.8, 4) is 0 Å². The van der Waals surface area contributed by atoms with Crippen LogP contribution in [0.1, 0.15) is 52.4 Å². The van der Waals surface area contributed by atoms with Crippen LogP contribution in [0.5, 0.6) is 0 Å². The summed E-state index contributed by atoms with van der Waals surface area (Å²) in [5.41, 5.74) is -0.946. The van der Waals surface area contributed by atoms with Crippen LogP contribution in [0.2, 0.25) is 0 Å². The van der Waals surface area contributed by atoms with E-state index in [-0.39, 0.29) is 11.8 Å². The van der Waals surface area contributed by atoms with E-state index in [1.54, 1.807) is 11.8 Å². The van der Waals surface area contributed by atoms with Crippen molar-refractivity contribution in [2.75, 3.05) is 26.2 Å². The third-order valence-corrected chi connectivity index (χ3v) is 5.17. The average Bonchev–Trinajstić information content (AvgIpc) is 3.16. The van der Waals surface area contributed by atoms with Crippen molar-refractivity contribution in [1.29, 1.82) is 0 Å². The van der Waals surface area contributed by atoms with Crippen LogP contribution < -0.4 is 5.32 Å². The van der Waals surface area contributed by atoms with Gasteiger partial charge >= 0.3 is 5.97 Å². The second kappa shape index (κ2) is 7.96. The number of nitrogens with zero attached hydrogens (tertiary/aromatic N) is 2. The van der Waals surface area contributed by atoms with Gasteiger partial charge in [-0.2, -0.15) is 0 Å². The molecule has 2 rings (SSSR count).